The normalized spacial score (nSPS) is 12.9. The second-order valence-electron chi connectivity index (χ2n) is 3.92. The molecule has 0 saturated heterocycles. The van der Waals surface area contributed by atoms with Gasteiger partial charge in [-0.25, -0.2) is 4.98 Å². The van der Waals surface area contributed by atoms with Crippen molar-refractivity contribution >= 4 is 27.2 Å². The Balaban J connectivity index is 2.18. The average Bonchev–Trinajstić information content (AvgIpc) is 2.57. The number of benzene rings is 1. The molecule has 1 unspecified atom stereocenters. The summed E-state index contributed by atoms with van der Waals surface area (Å²) in [4.78, 5) is 4.44. The molecule has 2 aromatic rings. The first-order chi connectivity index (χ1) is 7.69. The fourth-order valence-corrected chi connectivity index (χ4v) is 2.57. The molecule has 2 rings (SSSR count). The molecule has 0 aliphatic heterocycles. The number of methoxy groups -OCH3 is 1. The summed E-state index contributed by atoms with van der Waals surface area (Å²) in [5.41, 5.74) is 2.20. The SMILES string of the molecule is COCC(C)Nc1ccc2nc(C)sc2c1. The van der Waals surface area contributed by atoms with Gasteiger partial charge in [-0.1, -0.05) is 0 Å². The van der Waals surface area contributed by atoms with E-state index in [4.69, 9.17) is 4.74 Å². The van der Waals surface area contributed by atoms with Crippen LogP contribution in [0.25, 0.3) is 10.2 Å². The van der Waals surface area contributed by atoms with Gasteiger partial charge in [-0.3, -0.25) is 0 Å². The van der Waals surface area contributed by atoms with Gasteiger partial charge in [-0.05, 0) is 32.0 Å². The Morgan fingerprint density at radius 3 is 3.06 bits per heavy atom. The highest BCUT2D eigenvalue weighted by molar-refractivity contribution is 7.18. The van der Waals surface area contributed by atoms with E-state index in [1.807, 2.05) is 6.92 Å². The standard InChI is InChI=1S/C12H16N2OS/c1-8(7-15-3)13-10-4-5-11-12(6-10)16-9(2)14-11/h4-6,8,13H,7H2,1-3H3. The quantitative estimate of drug-likeness (QED) is 0.886. The Morgan fingerprint density at radius 2 is 2.31 bits per heavy atom. The van der Waals surface area contributed by atoms with Gasteiger partial charge in [0.1, 0.15) is 0 Å². The highest BCUT2D eigenvalue weighted by atomic mass is 32.1. The van der Waals surface area contributed by atoms with Crippen LogP contribution in [-0.2, 0) is 4.74 Å². The first-order valence-corrected chi connectivity index (χ1v) is 6.13. The van der Waals surface area contributed by atoms with E-state index in [2.05, 4.69) is 35.4 Å². The topological polar surface area (TPSA) is 34.1 Å². The predicted octanol–water partition coefficient (Wildman–Crippen LogP) is 3.05. The molecule has 0 bridgehead atoms. The number of rotatable bonds is 4. The Bertz CT molecular complexity index is 481. The molecular formula is C12H16N2OS. The number of hydrogen-bond donors (Lipinski definition) is 1. The molecule has 1 heterocycles. The average molecular weight is 236 g/mol. The molecule has 3 nitrogen and oxygen atoms in total. The lowest BCUT2D eigenvalue weighted by Gasteiger charge is -2.13. The summed E-state index contributed by atoms with van der Waals surface area (Å²) < 4.78 is 6.32. The molecule has 4 heteroatoms. The third kappa shape index (κ3) is 2.51. The Kier molecular flexibility index (Phi) is 3.41. The monoisotopic (exact) mass is 236 g/mol. The van der Waals surface area contributed by atoms with Crippen molar-refractivity contribution < 1.29 is 4.74 Å². The summed E-state index contributed by atoms with van der Waals surface area (Å²) in [5, 5.41) is 4.51. The molecule has 86 valence electrons. The van der Waals surface area contributed by atoms with Gasteiger partial charge in [0.25, 0.3) is 0 Å². The molecular weight excluding hydrogens is 220 g/mol. The van der Waals surface area contributed by atoms with Gasteiger partial charge in [0.2, 0.25) is 0 Å². The largest absolute Gasteiger partial charge is 0.383 e. The van der Waals surface area contributed by atoms with Crippen molar-refractivity contribution in [3.8, 4) is 0 Å². The van der Waals surface area contributed by atoms with Crippen LogP contribution >= 0.6 is 11.3 Å². The summed E-state index contributed by atoms with van der Waals surface area (Å²) in [5.74, 6) is 0. The Hall–Kier alpha value is -1.13. The van der Waals surface area contributed by atoms with Gasteiger partial charge in [0, 0.05) is 18.8 Å². The van der Waals surface area contributed by atoms with Crippen molar-refractivity contribution in [1.82, 2.24) is 4.98 Å². The molecule has 1 aromatic carbocycles. The summed E-state index contributed by atoms with van der Waals surface area (Å²) in [6.45, 7) is 4.84. The highest BCUT2D eigenvalue weighted by Crippen LogP contribution is 2.24. The van der Waals surface area contributed by atoms with Gasteiger partial charge in [-0.2, -0.15) is 0 Å². The molecule has 1 atom stereocenters. The summed E-state index contributed by atoms with van der Waals surface area (Å²) in [6, 6.07) is 6.58. The van der Waals surface area contributed by atoms with Crippen LogP contribution in [0.4, 0.5) is 5.69 Å². The van der Waals surface area contributed by atoms with Gasteiger partial charge < -0.3 is 10.1 Å². The molecule has 0 aliphatic rings. The van der Waals surface area contributed by atoms with Crippen molar-refractivity contribution in [3.05, 3.63) is 23.2 Å². The lowest BCUT2D eigenvalue weighted by Crippen LogP contribution is -2.20. The zero-order valence-electron chi connectivity index (χ0n) is 9.78. The number of nitrogens with one attached hydrogen (secondary N) is 1. The van der Waals surface area contributed by atoms with Crippen LogP contribution in [0.2, 0.25) is 0 Å². The van der Waals surface area contributed by atoms with Gasteiger partial charge in [-0.15, -0.1) is 11.3 Å². The van der Waals surface area contributed by atoms with Crippen LogP contribution in [-0.4, -0.2) is 24.7 Å². The molecule has 0 amide bonds. The van der Waals surface area contributed by atoms with Crippen LogP contribution < -0.4 is 5.32 Å². The summed E-state index contributed by atoms with van der Waals surface area (Å²) in [6.07, 6.45) is 0. The van der Waals surface area contributed by atoms with E-state index in [1.165, 1.54) is 4.70 Å². The van der Waals surface area contributed by atoms with Gasteiger partial charge in [0.15, 0.2) is 0 Å². The molecule has 0 spiro atoms. The van der Waals surface area contributed by atoms with E-state index in [0.717, 1.165) is 16.2 Å². The molecule has 1 N–H and O–H groups in total. The number of nitrogens with zero attached hydrogens (tertiary/aromatic N) is 1. The second kappa shape index (κ2) is 4.80. The van der Waals surface area contributed by atoms with Crippen molar-refractivity contribution in [2.45, 2.75) is 19.9 Å². The zero-order chi connectivity index (χ0) is 11.5. The molecule has 0 saturated carbocycles. The third-order valence-corrected chi connectivity index (χ3v) is 3.26. The maximum Gasteiger partial charge on any atom is 0.0907 e. The van der Waals surface area contributed by atoms with Crippen LogP contribution in [0.1, 0.15) is 11.9 Å². The number of fused-ring (bicyclic) bond motifs is 1. The van der Waals surface area contributed by atoms with Crippen LogP contribution in [0.15, 0.2) is 18.2 Å². The van der Waals surface area contributed by atoms with Crippen molar-refractivity contribution in [3.63, 3.8) is 0 Å². The van der Waals surface area contributed by atoms with Crippen molar-refractivity contribution in [1.29, 1.82) is 0 Å². The van der Waals surface area contributed by atoms with Crippen LogP contribution in [0.5, 0.6) is 0 Å². The maximum atomic E-state index is 5.10. The Morgan fingerprint density at radius 1 is 1.50 bits per heavy atom. The van der Waals surface area contributed by atoms with E-state index in [9.17, 15) is 0 Å². The van der Waals surface area contributed by atoms with Crippen molar-refractivity contribution in [2.24, 2.45) is 0 Å². The molecule has 0 fully saturated rings. The third-order valence-electron chi connectivity index (χ3n) is 2.33. The van der Waals surface area contributed by atoms with Crippen LogP contribution in [0, 0.1) is 6.92 Å². The minimum Gasteiger partial charge on any atom is -0.383 e. The number of ether oxygens (including phenoxy) is 1. The first kappa shape index (κ1) is 11.4. The smallest absolute Gasteiger partial charge is 0.0907 e. The van der Waals surface area contributed by atoms with E-state index in [-0.39, 0.29) is 0 Å². The number of hydrogen-bond acceptors (Lipinski definition) is 4. The summed E-state index contributed by atoms with van der Waals surface area (Å²) >= 11 is 1.72. The lowest BCUT2D eigenvalue weighted by molar-refractivity contribution is 0.190. The van der Waals surface area contributed by atoms with E-state index in [1.54, 1.807) is 18.4 Å². The van der Waals surface area contributed by atoms with Crippen LogP contribution in [0.3, 0.4) is 0 Å². The van der Waals surface area contributed by atoms with E-state index >= 15 is 0 Å². The molecule has 16 heavy (non-hydrogen) atoms. The lowest BCUT2D eigenvalue weighted by atomic mass is 10.2. The number of aromatic nitrogens is 1. The zero-order valence-corrected chi connectivity index (χ0v) is 10.6. The van der Waals surface area contributed by atoms with Gasteiger partial charge in [0.05, 0.1) is 21.8 Å². The van der Waals surface area contributed by atoms with E-state index in [0.29, 0.717) is 12.6 Å². The number of aryl methyl sites for hydroxylation is 1. The molecule has 1 aromatic heterocycles. The number of thiazole rings is 1. The molecule has 0 radical (unpaired) electrons. The minimum atomic E-state index is 0.316. The minimum absolute atomic E-state index is 0.316. The highest BCUT2D eigenvalue weighted by Gasteiger charge is 2.04. The first-order valence-electron chi connectivity index (χ1n) is 5.31. The fourth-order valence-electron chi connectivity index (χ4n) is 1.71. The predicted molar refractivity (Wildman–Crippen MR) is 69.3 cm³/mol. The van der Waals surface area contributed by atoms with Gasteiger partial charge >= 0.3 is 0 Å². The second-order valence-corrected chi connectivity index (χ2v) is 5.15. The summed E-state index contributed by atoms with van der Waals surface area (Å²) in [7, 11) is 1.72. The fraction of sp³-hybridized carbons (Fsp3) is 0.417. The maximum absolute atomic E-state index is 5.10. The van der Waals surface area contributed by atoms with Crippen molar-refractivity contribution in [2.75, 3.05) is 19.0 Å². The Labute approximate surface area is 99.5 Å². The molecule has 0 aliphatic carbocycles. The number of anilines is 1. The van der Waals surface area contributed by atoms with E-state index < -0.39 is 0 Å².